The SMILES string of the molecule is C=CC[C@@H](C)C(=O)O[C@@H]1[C@@H](OC(=O)[C@H](C)CC=C)[C@@H](OC)O[C@H](CO)[C@H]1OC(=O)Nc1ccc(C#N)cc1. The van der Waals surface area contributed by atoms with Gasteiger partial charge in [0.2, 0.25) is 0 Å². The van der Waals surface area contributed by atoms with Crippen LogP contribution in [0.2, 0.25) is 0 Å². The van der Waals surface area contributed by atoms with E-state index < -0.39 is 67.2 Å². The highest BCUT2D eigenvalue weighted by molar-refractivity contribution is 5.85. The lowest BCUT2D eigenvalue weighted by molar-refractivity contribution is -0.300. The Morgan fingerprint density at radius 2 is 1.58 bits per heavy atom. The van der Waals surface area contributed by atoms with Crippen LogP contribution < -0.4 is 5.32 Å². The molecule has 0 aromatic heterocycles. The highest BCUT2D eigenvalue weighted by Crippen LogP contribution is 2.31. The van der Waals surface area contributed by atoms with E-state index in [9.17, 15) is 19.5 Å². The van der Waals surface area contributed by atoms with Gasteiger partial charge in [-0.3, -0.25) is 14.9 Å². The van der Waals surface area contributed by atoms with Gasteiger partial charge in [0, 0.05) is 12.8 Å². The topological polar surface area (TPSA) is 153 Å². The normalized spacial score (nSPS) is 24.1. The Bertz CT molecular complexity index is 1020. The minimum absolute atomic E-state index is 0.310. The molecule has 0 aliphatic carbocycles. The number of aliphatic hydroxyl groups excluding tert-OH is 1. The number of carbonyl (C=O) groups is 3. The maximum atomic E-state index is 12.9. The number of amides is 1. The first-order valence-electron chi connectivity index (χ1n) is 12.1. The molecule has 1 aromatic rings. The number of allylic oxidation sites excluding steroid dienone is 2. The summed E-state index contributed by atoms with van der Waals surface area (Å²) in [6.45, 7) is 9.88. The van der Waals surface area contributed by atoms with E-state index in [0.717, 1.165) is 0 Å². The van der Waals surface area contributed by atoms with Crippen molar-refractivity contribution in [2.45, 2.75) is 57.4 Å². The Morgan fingerprint density at radius 1 is 1.03 bits per heavy atom. The van der Waals surface area contributed by atoms with Crippen molar-refractivity contribution < 1.29 is 43.2 Å². The molecule has 0 saturated carbocycles. The van der Waals surface area contributed by atoms with Crippen LogP contribution in [0.4, 0.5) is 10.5 Å². The largest absolute Gasteiger partial charge is 0.454 e. The van der Waals surface area contributed by atoms with E-state index in [1.807, 2.05) is 6.07 Å². The molecule has 38 heavy (non-hydrogen) atoms. The number of anilines is 1. The molecule has 2 N–H and O–H groups in total. The van der Waals surface area contributed by atoms with Crippen LogP contribution in [-0.4, -0.2) is 67.6 Å². The summed E-state index contributed by atoms with van der Waals surface area (Å²) in [5, 5.41) is 21.5. The van der Waals surface area contributed by atoms with Crippen LogP contribution in [-0.2, 0) is 33.3 Å². The van der Waals surface area contributed by atoms with Gasteiger partial charge >= 0.3 is 18.0 Å². The van der Waals surface area contributed by atoms with Gasteiger partial charge in [0.25, 0.3) is 0 Å². The van der Waals surface area contributed by atoms with Crippen molar-refractivity contribution in [3.63, 3.8) is 0 Å². The Morgan fingerprint density at radius 3 is 2.05 bits per heavy atom. The number of hydrogen-bond acceptors (Lipinski definition) is 10. The minimum Gasteiger partial charge on any atom is -0.454 e. The van der Waals surface area contributed by atoms with E-state index in [2.05, 4.69) is 18.5 Å². The van der Waals surface area contributed by atoms with Gasteiger partial charge in [-0.1, -0.05) is 26.0 Å². The first-order chi connectivity index (χ1) is 18.2. The molecule has 1 amide bonds. The van der Waals surface area contributed by atoms with Gasteiger partial charge in [-0.2, -0.15) is 5.26 Å². The number of esters is 2. The average Bonchev–Trinajstić information content (AvgIpc) is 2.90. The summed E-state index contributed by atoms with van der Waals surface area (Å²) >= 11 is 0. The molecule has 1 aromatic carbocycles. The highest BCUT2D eigenvalue weighted by Gasteiger charge is 2.53. The number of ether oxygens (including phenoxy) is 5. The van der Waals surface area contributed by atoms with Crippen molar-refractivity contribution >= 4 is 23.7 Å². The van der Waals surface area contributed by atoms with E-state index in [0.29, 0.717) is 24.1 Å². The number of carbonyl (C=O) groups excluding carboxylic acids is 3. The second-order valence-electron chi connectivity index (χ2n) is 8.80. The molecule has 0 bridgehead atoms. The first kappa shape index (κ1) is 30.5. The minimum atomic E-state index is -1.38. The van der Waals surface area contributed by atoms with Crippen LogP contribution in [0.1, 0.15) is 32.3 Å². The van der Waals surface area contributed by atoms with Gasteiger partial charge in [0.15, 0.2) is 24.6 Å². The zero-order valence-corrected chi connectivity index (χ0v) is 21.7. The van der Waals surface area contributed by atoms with Gasteiger partial charge in [0.05, 0.1) is 30.1 Å². The van der Waals surface area contributed by atoms with Gasteiger partial charge in [-0.05, 0) is 37.1 Å². The van der Waals surface area contributed by atoms with Crippen molar-refractivity contribution in [1.82, 2.24) is 0 Å². The van der Waals surface area contributed by atoms with Gasteiger partial charge < -0.3 is 28.8 Å². The molecule has 11 nitrogen and oxygen atoms in total. The molecule has 1 aliphatic heterocycles. The fourth-order valence-corrected chi connectivity index (χ4v) is 3.71. The molecule has 0 unspecified atom stereocenters. The highest BCUT2D eigenvalue weighted by atomic mass is 16.7. The van der Waals surface area contributed by atoms with Crippen LogP contribution in [0, 0.1) is 23.2 Å². The zero-order chi connectivity index (χ0) is 28.2. The predicted molar refractivity (Wildman–Crippen MR) is 136 cm³/mol. The second-order valence-corrected chi connectivity index (χ2v) is 8.80. The molecule has 1 fully saturated rings. The number of methoxy groups -OCH3 is 1. The molecule has 11 heteroatoms. The number of nitrogens with zero attached hydrogens (tertiary/aromatic N) is 1. The monoisotopic (exact) mass is 530 g/mol. The Hall–Kier alpha value is -3.72. The van der Waals surface area contributed by atoms with E-state index >= 15 is 0 Å². The summed E-state index contributed by atoms with van der Waals surface area (Å²) < 4.78 is 28.0. The Labute approximate surface area is 221 Å². The predicted octanol–water partition coefficient (Wildman–Crippen LogP) is 3.09. The van der Waals surface area contributed by atoms with Crippen molar-refractivity contribution in [1.29, 1.82) is 5.26 Å². The summed E-state index contributed by atoms with van der Waals surface area (Å²) in [5.41, 5.74) is 0.724. The fraction of sp³-hybridized carbons (Fsp3) is 0.481. The van der Waals surface area contributed by atoms with Gasteiger partial charge in [-0.15, -0.1) is 13.2 Å². The average molecular weight is 531 g/mol. The fourth-order valence-electron chi connectivity index (χ4n) is 3.71. The molecular weight excluding hydrogens is 496 g/mol. The second kappa shape index (κ2) is 14.9. The Balaban J connectivity index is 2.38. The van der Waals surface area contributed by atoms with E-state index in [4.69, 9.17) is 28.9 Å². The summed E-state index contributed by atoms with van der Waals surface area (Å²) in [4.78, 5) is 38.5. The van der Waals surface area contributed by atoms with Crippen molar-refractivity contribution in [2.24, 2.45) is 11.8 Å². The van der Waals surface area contributed by atoms with E-state index in [1.54, 1.807) is 26.0 Å². The van der Waals surface area contributed by atoms with Crippen LogP contribution in [0.5, 0.6) is 0 Å². The Kier molecular flexibility index (Phi) is 11.9. The van der Waals surface area contributed by atoms with Gasteiger partial charge in [0.1, 0.15) is 6.10 Å². The number of aliphatic hydroxyl groups is 1. The quantitative estimate of drug-likeness (QED) is 0.234. The van der Waals surface area contributed by atoms with Crippen molar-refractivity contribution in [2.75, 3.05) is 19.0 Å². The lowest BCUT2D eigenvalue weighted by atomic mass is 9.97. The van der Waals surface area contributed by atoms with Crippen LogP contribution in [0.3, 0.4) is 0 Å². The molecule has 7 atom stereocenters. The molecule has 1 saturated heterocycles. The number of benzene rings is 1. The zero-order valence-electron chi connectivity index (χ0n) is 21.7. The number of rotatable bonds is 12. The van der Waals surface area contributed by atoms with Gasteiger partial charge in [-0.25, -0.2) is 4.79 Å². The maximum Gasteiger partial charge on any atom is 0.412 e. The third-order valence-corrected chi connectivity index (χ3v) is 5.86. The third-order valence-electron chi connectivity index (χ3n) is 5.86. The molecule has 1 aliphatic rings. The number of nitrogens with one attached hydrogen (secondary N) is 1. The summed E-state index contributed by atoms with van der Waals surface area (Å²) in [6.07, 6.45) is -3.69. The van der Waals surface area contributed by atoms with E-state index in [1.165, 1.54) is 31.4 Å². The van der Waals surface area contributed by atoms with Crippen molar-refractivity contribution in [3.8, 4) is 6.07 Å². The van der Waals surface area contributed by atoms with Crippen LogP contribution in [0.15, 0.2) is 49.6 Å². The molecule has 0 radical (unpaired) electrons. The maximum absolute atomic E-state index is 12.9. The summed E-state index contributed by atoms with van der Waals surface area (Å²) in [6, 6.07) is 7.99. The molecule has 1 heterocycles. The van der Waals surface area contributed by atoms with Crippen molar-refractivity contribution in [3.05, 3.63) is 55.1 Å². The molecule has 206 valence electrons. The van der Waals surface area contributed by atoms with Crippen LogP contribution in [0.25, 0.3) is 0 Å². The van der Waals surface area contributed by atoms with Crippen LogP contribution >= 0.6 is 0 Å². The lowest BCUT2D eigenvalue weighted by Gasteiger charge is -2.44. The summed E-state index contributed by atoms with van der Waals surface area (Å²) in [7, 11) is 1.30. The smallest absolute Gasteiger partial charge is 0.412 e. The van der Waals surface area contributed by atoms with E-state index in [-0.39, 0.29) is 0 Å². The third kappa shape index (κ3) is 8.14. The number of nitriles is 1. The molecule has 0 spiro atoms. The summed E-state index contributed by atoms with van der Waals surface area (Å²) in [5.74, 6) is -2.47. The number of hydrogen-bond donors (Lipinski definition) is 2. The molecular formula is C27H34N2O9. The lowest BCUT2D eigenvalue weighted by Crippen LogP contribution is -2.63. The molecule has 2 rings (SSSR count). The first-order valence-corrected chi connectivity index (χ1v) is 12.1. The standard InChI is InChI=1S/C27H34N2O9/c1-6-8-16(3)24(31)36-22-21(38-27(33)29-19-12-10-18(14-28)11-13-19)20(15-30)35-26(34-5)23(22)37-25(32)17(4)9-7-2/h6-7,10-13,16-17,20-23,26,30H,1-2,8-9,15H2,3-5H3,(H,29,33)/t16-,17-,20-,21-,22+,23-,26+/m1/s1.